The van der Waals surface area contributed by atoms with Crippen molar-refractivity contribution in [1.82, 2.24) is 10.2 Å². The number of piperazine rings is 1. The van der Waals surface area contributed by atoms with E-state index in [0.717, 1.165) is 17.7 Å². The highest BCUT2D eigenvalue weighted by atomic mass is 16.4. The maximum atomic E-state index is 11.3. The highest BCUT2D eigenvalue weighted by Crippen LogP contribution is 2.30. The first-order chi connectivity index (χ1) is 9.00. The average Bonchev–Trinajstić information content (AvgIpc) is 2.40. The molecule has 0 aliphatic carbocycles. The molecule has 2 atom stereocenters. The monoisotopic (exact) mass is 264 g/mol. The molecule has 2 rings (SSSR count). The summed E-state index contributed by atoms with van der Waals surface area (Å²) in [4.78, 5) is 13.2. The van der Waals surface area contributed by atoms with Gasteiger partial charge in [-0.05, 0) is 19.9 Å². The lowest BCUT2D eigenvalue weighted by Crippen LogP contribution is -2.55. The number of aromatic hydroxyl groups is 1. The van der Waals surface area contributed by atoms with Gasteiger partial charge in [0.05, 0.1) is 0 Å². The molecule has 0 bridgehead atoms. The molecule has 5 nitrogen and oxygen atoms in total. The number of rotatable bonds is 3. The fourth-order valence-electron chi connectivity index (χ4n) is 2.60. The molecule has 1 aliphatic heterocycles. The van der Waals surface area contributed by atoms with Crippen LogP contribution < -0.4 is 5.32 Å². The summed E-state index contributed by atoms with van der Waals surface area (Å²) in [6.45, 7) is 5.76. The summed E-state index contributed by atoms with van der Waals surface area (Å²) in [6.07, 6.45) is 0. The molecule has 104 valence electrons. The van der Waals surface area contributed by atoms with E-state index in [1.807, 2.05) is 30.9 Å². The number of hydrogen-bond acceptors (Lipinski definition) is 4. The van der Waals surface area contributed by atoms with Crippen LogP contribution in [0.15, 0.2) is 18.2 Å². The Balaban J connectivity index is 2.28. The molecule has 1 aliphatic rings. The van der Waals surface area contributed by atoms with Crippen LogP contribution in [0, 0.1) is 6.92 Å². The molecule has 19 heavy (non-hydrogen) atoms. The number of hydrogen-bond donors (Lipinski definition) is 3. The lowest BCUT2D eigenvalue weighted by Gasteiger charge is -2.38. The molecule has 1 heterocycles. The zero-order chi connectivity index (χ0) is 14.0. The molecule has 0 spiro atoms. The molecular weight excluding hydrogens is 244 g/mol. The lowest BCUT2D eigenvalue weighted by molar-refractivity contribution is -0.145. The molecule has 1 aromatic carbocycles. The highest BCUT2D eigenvalue weighted by molar-refractivity contribution is 5.74. The van der Waals surface area contributed by atoms with Gasteiger partial charge in [0, 0.05) is 31.2 Å². The molecule has 1 saturated heterocycles. The zero-order valence-corrected chi connectivity index (χ0v) is 11.3. The van der Waals surface area contributed by atoms with Crippen molar-refractivity contribution in [1.29, 1.82) is 0 Å². The Hall–Kier alpha value is -1.59. The molecule has 0 radical (unpaired) electrons. The van der Waals surface area contributed by atoms with Crippen molar-refractivity contribution in [3.63, 3.8) is 0 Å². The standard InChI is InChI=1S/C14H20N2O3/c1-9-3-4-13(17)11(7-9)10(2)16-6-5-15-8-12(16)14(18)19/h3-4,7,10,12,15,17H,5-6,8H2,1-2H3,(H,18,19). The first kappa shape index (κ1) is 13.8. The molecule has 2 unspecified atom stereocenters. The fraction of sp³-hybridized carbons (Fsp3) is 0.500. The molecule has 3 N–H and O–H groups in total. The number of carboxylic acid groups (broad SMARTS) is 1. The Morgan fingerprint density at radius 1 is 1.53 bits per heavy atom. The van der Waals surface area contributed by atoms with Crippen LogP contribution in [0.4, 0.5) is 0 Å². The number of aryl methyl sites for hydroxylation is 1. The van der Waals surface area contributed by atoms with Crippen LogP contribution >= 0.6 is 0 Å². The summed E-state index contributed by atoms with van der Waals surface area (Å²) >= 11 is 0. The van der Waals surface area contributed by atoms with Crippen molar-refractivity contribution < 1.29 is 15.0 Å². The first-order valence-electron chi connectivity index (χ1n) is 6.49. The smallest absolute Gasteiger partial charge is 0.322 e. The number of benzene rings is 1. The quantitative estimate of drug-likeness (QED) is 0.763. The largest absolute Gasteiger partial charge is 0.508 e. The van der Waals surface area contributed by atoms with E-state index >= 15 is 0 Å². The number of phenols is 1. The summed E-state index contributed by atoms with van der Waals surface area (Å²) in [6, 6.07) is 4.75. The zero-order valence-electron chi connectivity index (χ0n) is 11.3. The maximum Gasteiger partial charge on any atom is 0.322 e. The van der Waals surface area contributed by atoms with E-state index in [0.29, 0.717) is 13.1 Å². The SMILES string of the molecule is Cc1ccc(O)c(C(C)N2CCNCC2C(=O)O)c1. The predicted molar refractivity (Wildman–Crippen MR) is 72.3 cm³/mol. The van der Waals surface area contributed by atoms with Gasteiger partial charge in [0.15, 0.2) is 0 Å². The van der Waals surface area contributed by atoms with Gasteiger partial charge in [-0.15, -0.1) is 0 Å². The van der Waals surface area contributed by atoms with Crippen molar-refractivity contribution in [3.8, 4) is 5.75 Å². The minimum Gasteiger partial charge on any atom is -0.508 e. The number of phenolic OH excluding ortho intramolecular Hbond substituents is 1. The van der Waals surface area contributed by atoms with Gasteiger partial charge in [0.25, 0.3) is 0 Å². The van der Waals surface area contributed by atoms with Crippen molar-refractivity contribution >= 4 is 5.97 Å². The number of nitrogens with one attached hydrogen (secondary N) is 1. The van der Waals surface area contributed by atoms with Gasteiger partial charge in [0.1, 0.15) is 11.8 Å². The van der Waals surface area contributed by atoms with E-state index in [4.69, 9.17) is 0 Å². The van der Waals surface area contributed by atoms with Gasteiger partial charge in [-0.1, -0.05) is 17.7 Å². The fourth-order valence-corrected chi connectivity index (χ4v) is 2.60. The molecule has 1 aromatic rings. The topological polar surface area (TPSA) is 72.8 Å². The van der Waals surface area contributed by atoms with Crippen molar-refractivity contribution in [2.45, 2.75) is 25.9 Å². The van der Waals surface area contributed by atoms with Crippen molar-refractivity contribution in [2.24, 2.45) is 0 Å². The second-order valence-corrected chi connectivity index (χ2v) is 5.03. The minimum absolute atomic E-state index is 0.122. The molecule has 0 amide bonds. The van der Waals surface area contributed by atoms with Crippen LogP contribution in [0.5, 0.6) is 5.75 Å². The molecular formula is C14H20N2O3. The number of carbonyl (C=O) groups is 1. The van der Waals surface area contributed by atoms with Crippen LogP contribution in [-0.4, -0.2) is 46.8 Å². The van der Waals surface area contributed by atoms with E-state index in [9.17, 15) is 15.0 Å². The third kappa shape index (κ3) is 2.88. The van der Waals surface area contributed by atoms with E-state index in [2.05, 4.69) is 5.32 Å². The second-order valence-electron chi connectivity index (χ2n) is 5.03. The lowest BCUT2D eigenvalue weighted by atomic mass is 10.0. The normalized spacial score (nSPS) is 22.1. The average molecular weight is 264 g/mol. The summed E-state index contributed by atoms with van der Waals surface area (Å²) < 4.78 is 0. The van der Waals surface area contributed by atoms with Gasteiger partial charge >= 0.3 is 5.97 Å². The summed E-state index contributed by atoms with van der Waals surface area (Å²) in [5.41, 5.74) is 1.84. The molecule has 0 saturated carbocycles. The van der Waals surface area contributed by atoms with Gasteiger partial charge in [-0.3, -0.25) is 9.69 Å². The predicted octanol–water partition coefficient (Wildman–Crippen LogP) is 1.12. The van der Waals surface area contributed by atoms with Gasteiger partial charge < -0.3 is 15.5 Å². The Labute approximate surface area is 112 Å². The van der Waals surface area contributed by atoms with Crippen LogP contribution in [0.2, 0.25) is 0 Å². The van der Waals surface area contributed by atoms with Crippen LogP contribution in [0.25, 0.3) is 0 Å². The third-order valence-electron chi connectivity index (χ3n) is 3.70. The number of carboxylic acids is 1. The Bertz CT molecular complexity index is 476. The summed E-state index contributed by atoms with van der Waals surface area (Å²) in [5.74, 6) is -0.605. The van der Waals surface area contributed by atoms with Crippen LogP contribution in [0.1, 0.15) is 24.1 Å². The third-order valence-corrected chi connectivity index (χ3v) is 3.70. The highest BCUT2D eigenvalue weighted by Gasteiger charge is 2.32. The van der Waals surface area contributed by atoms with Gasteiger partial charge in [0.2, 0.25) is 0 Å². The van der Waals surface area contributed by atoms with E-state index < -0.39 is 12.0 Å². The Kier molecular flexibility index (Phi) is 4.07. The molecule has 0 aromatic heterocycles. The van der Waals surface area contributed by atoms with Gasteiger partial charge in [-0.2, -0.15) is 0 Å². The van der Waals surface area contributed by atoms with E-state index in [-0.39, 0.29) is 11.8 Å². The second kappa shape index (κ2) is 5.59. The maximum absolute atomic E-state index is 11.3. The Morgan fingerprint density at radius 2 is 2.26 bits per heavy atom. The molecule has 5 heteroatoms. The molecule has 1 fully saturated rings. The summed E-state index contributed by atoms with van der Waals surface area (Å²) in [5, 5.41) is 22.3. The van der Waals surface area contributed by atoms with Gasteiger partial charge in [-0.25, -0.2) is 0 Å². The van der Waals surface area contributed by atoms with E-state index in [1.165, 1.54) is 0 Å². The van der Waals surface area contributed by atoms with Crippen LogP contribution in [-0.2, 0) is 4.79 Å². The minimum atomic E-state index is -0.828. The number of aliphatic carboxylic acids is 1. The van der Waals surface area contributed by atoms with Crippen LogP contribution in [0.3, 0.4) is 0 Å². The van der Waals surface area contributed by atoms with Crippen molar-refractivity contribution in [2.75, 3.05) is 19.6 Å². The van der Waals surface area contributed by atoms with E-state index in [1.54, 1.807) is 6.07 Å². The number of nitrogens with zero attached hydrogens (tertiary/aromatic N) is 1. The first-order valence-corrected chi connectivity index (χ1v) is 6.49. The van der Waals surface area contributed by atoms with Crippen molar-refractivity contribution in [3.05, 3.63) is 29.3 Å². The summed E-state index contributed by atoms with van der Waals surface area (Å²) in [7, 11) is 0. The Morgan fingerprint density at radius 3 is 2.95 bits per heavy atom.